The van der Waals surface area contributed by atoms with Gasteiger partial charge in [0.15, 0.2) is 5.82 Å². The fourth-order valence-corrected chi connectivity index (χ4v) is 2.04. The Hall–Kier alpha value is -2.14. The molecule has 0 saturated heterocycles. The van der Waals surface area contributed by atoms with Gasteiger partial charge in [-0.15, -0.1) is 0 Å². The molecule has 0 amide bonds. The lowest BCUT2D eigenvalue weighted by molar-refractivity contribution is 0.743. The molecule has 0 aliphatic carbocycles. The molecule has 3 rings (SSSR count). The van der Waals surface area contributed by atoms with E-state index in [0.717, 1.165) is 28.2 Å². The van der Waals surface area contributed by atoms with Crippen molar-refractivity contribution < 1.29 is 0 Å². The largest absolute Gasteiger partial charge is 0.323 e. The minimum absolute atomic E-state index is 0.658. The maximum absolute atomic E-state index is 5.96. The maximum Gasteiger partial charge on any atom is 0.153 e. The molecule has 1 N–H and O–H groups in total. The van der Waals surface area contributed by atoms with Crippen LogP contribution >= 0.6 is 11.6 Å². The van der Waals surface area contributed by atoms with Crippen molar-refractivity contribution in [3.63, 3.8) is 0 Å². The van der Waals surface area contributed by atoms with Crippen molar-refractivity contribution in [3.8, 4) is 0 Å². The van der Waals surface area contributed by atoms with Crippen LogP contribution in [0.3, 0.4) is 0 Å². The van der Waals surface area contributed by atoms with Crippen molar-refractivity contribution in [2.75, 3.05) is 5.32 Å². The molecule has 0 fully saturated rings. The number of nitrogens with one attached hydrogen (secondary N) is 1. The van der Waals surface area contributed by atoms with Crippen molar-refractivity contribution >= 4 is 34.1 Å². The molecule has 3 aromatic rings. The van der Waals surface area contributed by atoms with Crippen molar-refractivity contribution in [3.05, 3.63) is 41.3 Å². The van der Waals surface area contributed by atoms with Crippen LogP contribution in [0.4, 0.5) is 11.6 Å². The lowest BCUT2D eigenvalue weighted by Crippen LogP contribution is -1.98. The van der Waals surface area contributed by atoms with Crippen LogP contribution in [-0.4, -0.2) is 19.7 Å². The molecule has 6 heteroatoms. The Morgan fingerprint density at radius 1 is 1.21 bits per heavy atom. The monoisotopic (exact) mass is 273 g/mol. The summed E-state index contributed by atoms with van der Waals surface area (Å²) in [5.74, 6) is 1.48. The van der Waals surface area contributed by atoms with Gasteiger partial charge in [0.05, 0.1) is 5.52 Å². The zero-order chi connectivity index (χ0) is 13.4. The van der Waals surface area contributed by atoms with Crippen molar-refractivity contribution in [2.24, 2.45) is 7.05 Å². The first-order valence-electron chi connectivity index (χ1n) is 5.81. The Bertz CT molecular complexity index is 730. The molecule has 0 unspecified atom stereocenters. The Kier molecular flexibility index (Phi) is 2.83. The lowest BCUT2D eigenvalue weighted by atomic mass is 10.2. The number of anilines is 2. The molecular formula is C13H12ClN5. The third kappa shape index (κ3) is 2.24. The first-order chi connectivity index (χ1) is 9.13. The summed E-state index contributed by atoms with van der Waals surface area (Å²) in [4.78, 5) is 8.46. The molecule has 0 spiro atoms. The molecule has 96 valence electrons. The average molecular weight is 274 g/mol. The molecule has 0 aliphatic rings. The molecule has 19 heavy (non-hydrogen) atoms. The van der Waals surface area contributed by atoms with Gasteiger partial charge in [-0.3, -0.25) is 4.68 Å². The molecule has 5 nitrogen and oxygen atoms in total. The second kappa shape index (κ2) is 4.51. The number of halogens is 1. The van der Waals surface area contributed by atoms with Crippen molar-refractivity contribution in [1.82, 2.24) is 19.7 Å². The van der Waals surface area contributed by atoms with E-state index < -0.39 is 0 Å². The molecule has 1 aromatic carbocycles. The van der Waals surface area contributed by atoms with Crippen LogP contribution in [-0.2, 0) is 7.05 Å². The van der Waals surface area contributed by atoms with Gasteiger partial charge in [0, 0.05) is 29.2 Å². The molecule has 0 bridgehead atoms. The minimum atomic E-state index is 0.658. The zero-order valence-corrected chi connectivity index (χ0v) is 11.3. The van der Waals surface area contributed by atoms with E-state index in [-0.39, 0.29) is 0 Å². The van der Waals surface area contributed by atoms with E-state index >= 15 is 0 Å². The van der Waals surface area contributed by atoms with Gasteiger partial charge < -0.3 is 5.32 Å². The van der Waals surface area contributed by atoms with Gasteiger partial charge in [-0.1, -0.05) is 11.6 Å². The van der Waals surface area contributed by atoms with E-state index in [1.807, 2.05) is 42.9 Å². The van der Waals surface area contributed by atoms with Crippen LogP contribution in [0.1, 0.15) is 5.69 Å². The highest BCUT2D eigenvalue weighted by molar-refractivity contribution is 6.31. The van der Waals surface area contributed by atoms with E-state index in [1.54, 1.807) is 0 Å². The Labute approximate surface area is 115 Å². The van der Waals surface area contributed by atoms with E-state index in [9.17, 15) is 0 Å². The summed E-state index contributed by atoms with van der Waals surface area (Å²) < 4.78 is 1.81. The predicted molar refractivity (Wildman–Crippen MR) is 75.8 cm³/mol. The SMILES string of the molecule is Cc1cc(Nc2ncnc3cc(Cl)ccc23)nn1C. The summed E-state index contributed by atoms with van der Waals surface area (Å²) in [6.07, 6.45) is 1.51. The van der Waals surface area contributed by atoms with Crippen molar-refractivity contribution in [1.29, 1.82) is 0 Å². The fraction of sp³-hybridized carbons (Fsp3) is 0.154. The van der Waals surface area contributed by atoms with Gasteiger partial charge in [0.1, 0.15) is 12.1 Å². The van der Waals surface area contributed by atoms with Crippen LogP contribution in [0, 0.1) is 6.92 Å². The zero-order valence-electron chi connectivity index (χ0n) is 10.6. The van der Waals surface area contributed by atoms with E-state index in [0.29, 0.717) is 5.02 Å². The molecule has 2 heterocycles. The number of hydrogen-bond acceptors (Lipinski definition) is 4. The third-order valence-corrected chi connectivity index (χ3v) is 3.19. The third-order valence-electron chi connectivity index (χ3n) is 2.96. The summed E-state index contributed by atoms with van der Waals surface area (Å²) in [6.45, 7) is 2.00. The van der Waals surface area contributed by atoms with Crippen LogP contribution in [0.25, 0.3) is 10.9 Å². The number of fused-ring (bicyclic) bond motifs is 1. The van der Waals surface area contributed by atoms with Gasteiger partial charge in [0.2, 0.25) is 0 Å². The summed E-state index contributed by atoms with van der Waals surface area (Å²) in [7, 11) is 1.90. The van der Waals surface area contributed by atoms with Crippen LogP contribution in [0.5, 0.6) is 0 Å². The standard InChI is InChI=1S/C13H12ClN5/c1-8-5-12(18-19(8)2)17-13-10-4-3-9(14)6-11(10)15-7-16-13/h3-7H,1-2H3,(H,15,16,17,18). The first-order valence-corrected chi connectivity index (χ1v) is 6.19. The molecular weight excluding hydrogens is 262 g/mol. The molecule has 0 saturated carbocycles. The number of nitrogens with zero attached hydrogens (tertiary/aromatic N) is 4. The normalized spacial score (nSPS) is 10.9. The number of aryl methyl sites for hydroxylation is 2. The maximum atomic E-state index is 5.96. The first kappa shape index (κ1) is 11.9. The summed E-state index contributed by atoms with van der Waals surface area (Å²) >= 11 is 5.96. The van der Waals surface area contributed by atoms with Crippen molar-refractivity contribution in [2.45, 2.75) is 6.92 Å². The molecule has 0 radical (unpaired) electrons. The van der Waals surface area contributed by atoms with Gasteiger partial charge in [-0.25, -0.2) is 9.97 Å². The van der Waals surface area contributed by atoms with Gasteiger partial charge in [-0.2, -0.15) is 5.10 Å². The number of hydrogen-bond donors (Lipinski definition) is 1. The molecule has 0 atom stereocenters. The summed E-state index contributed by atoms with van der Waals surface area (Å²) in [5, 5.41) is 9.12. The van der Waals surface area contributed by atoms with Crippen LogP contribution < -0.4 is 5.32 Å². The highest BCUT2D eigenvalue weighted by atomic mass is 35.5. The molecule has 2 aromatic heterocycles. The fourth-order valence-electron chi connectivity index (χ4n) is 1.87. The van der Waals surface area contributed by atoms with E-state index in [4.69, 9.17) is 11.6 Å². The lowest BCUT2D eigenvalue weighted by Gasteiger charge is -2.05. The Morgan fingerprint density at radius 2 is 2.05 bits per heavy atom. The Morgan fingerprint density at radius 3 is 2.79 bits per heavy atom. The van der Waals surface area contributed by atoms with Gasteiger partial charge in [-0.05, 0) is 25.1 Å². The quantitative estimate of drug-likeness (QED) is 0.780. The Balaban J connectivity index is 2.05. The predicted octanol–water partition coefficient (Wildman–Crippen LogP) is 3.07. The topological polar surface area (TPSA) is 55.6 Å². The summed E-state index contributed by atoms with van der Waals surface area (Å²) in [6, 6.07) is 7.50. The highest BCUT2D eigenvalue weighted by Gasteiger charge is 2.07. The second-order valence-electron chi connectivity index (χ2n) is 4.30. The minimum Gasteiger partial charge on any atom is -0.323 e. The number of rotatable bonds is 2. The summed E-state index contributed by atoms with van der Waals surface area (Å²) in [5.41, 5.74) is 1.88. The van der Waals surface area contributed by atoms with E-state index in [1.165, 1.54) is 6.33 Å². The highest BCUT2D eigenvalue weighted by Crippen LogP contribution is 2.24. The van der Waals surface area contributed by atoms with E-state index in [2.05, 4.69) is 20.4 Å². The number of aromatic nitrogens is 4. The van der Waals surface area contributed by atoms with Crippen LogP contribution in [0.15, 0.2) is 30.6 Å². The van der Waals surface area contributed by atoms with Gasteiger partial charge >= 0.3 is 0 Å². The molecule has 0 aliphatic heterocycles. The number of benzene rings is 1. The van der Waals surface area contributed by atoms with Gasteiger partial charge in [0.25, 0.3) is 0 Å². The average Bonchev–Trinajstić information content (AvgIpc) is 2.68. The smallest absolute Gasteiger partial charge is 0.153 e. The van der Waals surface area contributed by atoms with Crippen LogP contribution in [0.2, 0.25) is 5.02 Å². The second-order valence-corrected chi connectivity index (χ2v) is 4.74.